The molecular formula is C14H15NO3. The molecule has 2 N–H and O–H groups in total. The van der Waals surface area contributed by atoms with Crippen LogP contribution in [0, 0.1) is 17.8 Å². The molecule has 2 unspecified atom stereocenters. The van der Waals surface area contributed by atoms with Gasteiger partial charge in [0.05, 0.1) is 5.56 Å². The Morgan fingerprint density at radius 2 is 1.72 bits per heavy atom. The number of amides is 1. The van der Waals surface area contributed by atoms with Gasteiger partial charge in [0.25, 0.3) is 0 Å². The molecule has 0 aliphatic heterocycles. The van der Waals surface area contributed by atoms with Gasteiger partial charge in [-0.3, -0.25) is 4.79 Å². The Balaban J connectivity index is 1.62. The quantitative estimate of drug-likeness (QED) is 0.859. The smallest absolute Gasteiger partial charge is 0.335 e. The zero-order valence-corrected chi connectivity index (χ0v) is 9.93. The largest absolute Gasteiger partial charge is 0.478 e. The summed E-state index contributed by atoms with van der Waals surface area (Å²) in [5.41, 5.74) is 0.909. The van der Waals surface area contributed by atoms with Gasteiger partial charge in [-0.05, 0) is 48.9 Å². The third-order valence-corrected chi connectivity index (χ3v) is 4.11. The number of anilines is 1. The maximum atomic E-state index is 12.0. The molecule has 94 valence electrons. The van der Waals surface area contributed by atoms with Crippen LogP contribution < -0.4 is 5.32 Å². The molecule has 0 bridgehead atoms. The van der Waals surface area contributed by atoms with E-state index < -0.39 is 5.97 Å². The fourth-order valence-corrected chi connectivity index (χ4v) is 3.13. The molecule has 4 nitrogen and oxygen atoms in total. The second-order valence-electron chi connectivity index (χ2n) is 5.16. The van der Waals surface area contributed by atoms with Crippen LogP contribution in [0.2, 0.25) is 0 Å². The summed E-state index contributed by atoms with van der Waals surface area (Å²) in [4.78, 5) is 22.7. The van der Waals surface area contributed by atoms with Crippen molar-refractivity contribution in [2.45, 2.75) is 19.3 Å². The van der Waals surface area contributed by atoms with E-state index >= 15 is 0 Å². The number of aromatic carboxylic acids is 1. The molecule has 0 heterocycles. The van der Waals surface area contributed by atoms with Crippen LogP contribution in [0.3, 0.4) is 0 Å². The molecule has 1 aromatic carbocycles. The summed E-state index contributed by atoms with van der Waals surface area (Å²) < 4.78 is 0. The number of carbonyl (C=O) groups excluding carboxylic acids is 1. The Kier molecular flexibility index (Phi) is 2.58. The highest BCUT2D eigenvalue weighted by atomic mass is 16.4. The molecule has 0 saturated heterocycles. The fraction of sp³-hybridized carbons (Fsp3) is 0.429. The molecule has 0 aromatic heterocycles. The number of carbonyl (C=O) groups is 2. The summed E-state index contributed by atoms with van der Waals surface area (Å²) in [6, 6.07) is 6.29. The Morgan fingerprint density at radius 1 is 1.11 bits per heavy atom. The van der Waals surface area contributed by atoms with Crippen molar-refractivity contribution in [3.63, 3.8) is 0 Å². The third-order valence-electron chi connectivity index (χ3n) is 4.11. The lowest BCUT2D eigenvalue weighted by atomic mass is 10.1. The van der Waals surface area contributed by atoms with Crippen LogP contribution in [0.4, 0.5) is 5.69 Å². The molecule has 2 fully saturated rings. The molecule has 0 radical (unpaired) electrons. The van der Waals surface area contributed by atoms with E-state index in [1.165, 1.54) is 31.4 Å². The van der Waals surface area contributed by atoms with Gasteiger partial charge in [-0.1, -0.05) is 6.42 Å². The number of hydrogen-bond acceptors (Lipinski definition) is 2. The van der Waals surface area contributed by atoms with E-state index in [0.29, 0.717) is 17.5 Å². The Morgan fingerprint density at radius 3 is 2.28 bits per heavy atom. The second kappa shape index (κ2) is 4.12. The van der Waals surface area contributed by atoms with Gasteiger partial charge in [-0.15, -0.1) is 0 Å². The normalized spacial score (nSPS) is 28.6. The van der Waals surface area contributed by atoms with Crippen molar-refractivity contribution < 1.29 is 14.7 Å². The summed E-state index contributed by atoms with van der Waals surface area (Å²) in [5, 5.41) is 11.6. The topological polar surface area (TPSA) is 66.4 Å². The Hall–Kier alpha value is -1.84. The Labute approximate surface area is 105 Å². The van der Waals surface area contributed by atoms with Crippen LogP contribution in [0.15, 0.2) is 24.3 Å². The molecule has 4 heteroatoms. The number of carboxylic acid groups (broad SMARTS) is 1. The van der Waals surface area contributed by atoms with Gasteiger partial charge < -0.3 is 10.4 Å². The number of fused-ring (bicyclic) bond motifs is 1. The van der Waals surface area contributed by atoms with Crippen LogP contribution in [0.5, 0.6) is 0 Å². The van der Waals surface area contributed by atoms with E-state index in [9.17, 15) is 9.59 Å². The number of nitrogens with one attached hydrogen (secondary N) is 1. The maximum absolute atomic E-state index is 12.0. The van der Waals surface area contributed by atoms with Gasteiger partial charge in [0.2, 0.25) is 5.91 Å². The second-order valence-corrected chi connectivity index (χ2v) is 5.16. The summed E-state index contributed by atoms with van der Waals surface area (Å²) >= 11 is 0. The van der Waals surface area contributed by atoms with Gasteiger partial charge in [-0.25, -0.2) is 4.79 Å². The van der Waals surface area contributed by atoms with Gasteiger partial charge in [0, 0.05) is 11.6 Å². The SMILES string of the molecule is O=C(O)c1ccc(NC(=O)C2C3CCCC32)cc1. The zero-order chi connectivity index (χ0) is 12.7. The van der Waals surface area contributed by atoms with Crippen molar-refractivity contribution in [1.29, 1.82) is 0 Å². The van der Waals surface area contributed by atoms with E-state index in [1.807, 2.05) is 0 Å². The van der Waals surface area contributed by atoms with Crippen molar-refractivity contribution in [2.24, 2.45) is 17.8 Å². The van der Waals surface area contributed by atoms with Crippen molar-refractivity contribution in [2.75, 3.05) is 5.32 Å². The third kappa shape index (κ3) is 1.88. The standard InChI is InChI=1S/C14H15NO3/c16-13(12-10-2-1-3-11(10)12)15-9-6-4-8(5-7-9)14(17)18/h4-7,10-12H,1-3H2,(H,15,16)(H,17,18). The van der Waals surface area contributed by atoms with E-state index in [1.54, 1.807) is 12.1 Å². The number of carboxylic acids is 1. The highest BCUT2D eigenvalue weighted by Crippen LogP contribution is 2.57. The van der Waals surface area contributed by atoms with Crippen molar-refractivity contribution in [1.82, 2.24) is 0 Å². The van der Waals surface area contributed by atoms with E-state index in [2.05, 4.69) is 5.32 Å². The minimum Gasteiger partial charge on any atom is -0.478 e. The van der Waals surface area contributed by atoms with Crippen LogP contribution in [-0.2, 0) is 4.79 Å². The lowest BCUT2D eigenvalue weighted by Crippen LogP contribution is -2.16. The molecular weight excluding hydrogens is 230 g/mol. The monoisotopic (exact) mass is 245 g/mol. The van der Waals surface area contributed by atoms with Crippen LogP contribution in [-0.4, -0.2) is 17.0 Å². The predicted molar refractivity (Wildman–Crippen MR) is 66.4 cm³/mol. The lowest BCUT2D eigenvalue weighted by molar-refractivity contribution is -0.118. The molecule has 3 rings (SSSR count). The van der Waals surface area contributed by atoms with Gasteiger partial charge in [-0.2, -0.15) is 0 Å². The maximum Gasteiger partial charge on any atom is 0.335 e. The Bertz CT molecular complexity index is 484. The summed E-state index contributed by atoms with van der Waals surface area (Å²) in [5.74, 6) is 0.530. The lowest BCUT2D eigenvalue weighted by Gasteiger charge is -2.06. The average molecular weight is 245 g/mol. The number of rotatable bonds is 3. The number of benzene rings is 1. The molecule has 2 atom stereocenters. The highest BCUT2D eigenvalue weighted by Gasteiger charge is 2.56. The zero-order valence-electron chi connectivity index (χ0n) is 9.93. The van der Waals surface area contributed by atoms with Gasteiger partial charge in [0.1, 0.15) is 0 Å². The van der Waals surface area contributed by atoms with Crippen LogP contribution >= 0.6 is 0 Å². The summed E-state index contributed by atoms with van der Waals surface area (Å²) in [7, 11) is 0. The average Bonchev–Trinajstić information content (AvgIpc) is 2.84. The van der Waals surface area contributed by atoms with E-state index in [-0.39, 0.29) is 17.4 Å². The first-order valence-electron chi connectivity index (χ1n) is 6.31. The molecule has 1 amide bonds. The van der Waals surface area contributed by atoms with Crippen molar-refractivity contribution in [3.05, 3.63) is 29.8 Å². The molecule has 2 aliphatic carbocycles. The van der Waals surface area contributed by atoms with Crippen LogP contribution in [0.1, 0.15) is 29.6 Å². The molecule has 2 aliphatic rings. The van der Waals surface area contributed by atoms with Gasteiger partial charge >= 0.3 is 5.97 Å². The minimum atomic E-state index is -0.954. The van der Waals surface area contributed by atoms with Crippen LogP contribution in [0.25, 0.3) is 0 Å². The summed E-state index contributed by atoms with van der Waals surface area (Å²) in [6.45, 7) is 0. The first kappa shape index (κ1) is 11.3. The first-order chi connectivity index (χ1) is 8.66. The summed E-state index contributed by atoms with van der Waals surface area (Å²) in [6.07, 6.45) is 3.62. The van der Waals surface area contributed by atoms with Crippen molar-refractivity contribution >= 4 is 17.6 Å². The van der Waals surface area contributed by atoms with E-state index in [4.69, 9.17) is 5.11 Å². The van der Waals surface area contributed by atoms with E-state index in [0.717, 1.165) is 0 Å². The highest BCUT2D eigenvalue weighted by molar-refractivity contribution is 5.95. The predicted octanol–water partition coefficient (Wildman–Crippen LogP) is 2.37. The van der Waals surface area contributed by atoms with Crippen molar-refractivity contribution in [3.8, 4) is 0 Å². The first-order valence-corrected chi connectivity index (χ1v) is 6.31. The molecule has 0 spiro atoms. The molecule has 18 heavy (non-hydrogen) atoms. The number of hydrogen-bond donors (Lipinski definition) is 2. The minimum absolute atomic E-state index is 0.0905. The molecule has 1 aromatic rings. The fourth-order valence-electron chi connectivity index (χ4n) is 3.13. The van der Waals surface area contributed by atoms with Gasteiger partial charge in [0.15, 0.2) is 0 Å². The molecule has 2 saturated carbocycles.